The summed E-state index contributed by atoms with van der Waals surface area (Å²) >= 11 is 0. The molecule has 1 saturated heterocycles. The maximum absolute atomic E-state index is 13.4. The molecule has 130 valence electrons. The van der Waals surface area contributed by atoms with Crippen LogP contribution in [-0.4, -0.2) is 55.7 Å². The molecule has 4 heterocycles. The number of H-pyrrole nitrogens is 2. The van der Waals surface area contributed by atoms with Gasteiger partial charge in [0.1, 0.15) is 5.82 Å². The molecule has 1 fully saturated rings. The number of aryl methyl sites for hydroxylation is 2. The molecule has 0 bridgehead atoms. The molecule has 1 aliphatic heterocycles. The van der Waals surface area contributed by atoms with Crippen molar-refractivity contribution < 1.29 is 9.53 Å². The van der Waals surface area contributed by atoms with Crippen LogP contribution >= 0.6 is 0 Å². The molecule has 4 rings (SSSR count). The van der Waals surface area contributed by atoms with Crippen molar-refractivity contribution in [2.75, 3.05) is 13.7 Å². The Kier molecular flexibility index (Phi) is 3.76. The predicted molar refractivity (Wildman–Crippen MR) is 91.1 cm³/mol. The van der Waals surface area contributed by atoms with Gasteiger partial charge in [0.25, 0.3) is 5.91 Å². The minimum atomic E-state index is -0.136. The molecular formula is C17H20N6O2. The van der Waals surface area contributed by atoms with Gasteiger partial charge in [0.15, 0.2) is 5.65 Å². The number of imidazole rings is 1. The largest absolute Gasteiger partial charge is 0.380 e. The number of rotatable bonds is 3. The molecule has 8 heteroatoms. The molecule has 2 atom stereocenters. The van der Waals surface area contributed by atoms with E-state index in [4.69, 9.17) is 4.74 Å². The van der Waals surface area contributed by atoms with Crippen LogP contribution in [0, 0.1) is 13.8 Å². The maximum Gasteiger partial charge on any atom is 0.255 e. The van der Waals surface area contributed by atoms with Crippen LogP contribution in [0.4, 0.5) is 0 Å². The number of ether oxygens (including phenoxy) is 1. The normalized spacial score (nSPS) is 20.5. The Balaban J connectivity index is 1.78. The zero-order valence-corrected chi connectivity index (χ0v) is 14.4. The molecule has 0 aromatic carbocycles. The van der Waals surface area contributed by atoms with Gasteiger partial charge in [-0.25, -0.2) is 9.97 Å². The second-order valence-electron chi connectivity index (χ2n) is 6.40. The fourth-order valence-electron chi connectivity index (χ4n) is 3.54. The number of hydrogen-bond acceptors (Lipinski definition) is 5. The van der Waals surface area contributed by atoms with Crippen molar-refractivity contribution in [2.24, 2.45) is 0 Å². The molecule has 0 spiro atoms. The van der Waals surface area contributed by atoms with Crippen LogP contribution in [0.5, 0.6) is 0 Å². The first kappa shape index (κ1) is 15.8. The molecule has 3 aromatic heterocycles. The summed E-state index contributed by atoms with van der Waals surface area (Å²) in [6.45, 7) is 4.29. The summed E-state index contributed by atoms with van der Waals surface area (Å²) in [5.74, 6) is 0.722. The Morgan fingerprint density at radius 1 is 1.40 bits per heavy atom. The van der Waals surface area contributed by atoms with Gasteiger partial charge in [0.2, 0.25) is 0 Å². The Labute approximate surface area is 144 Å². The molecule has 1 aliphatic rings. The van der Waals surface area contributed by atoms with Gasteiger partial charge in [0.05, 0.1) is 23.1 Å². The van der Waals surface area contributed by atoms with E-state index in [2.05, 4.69) is 25.1 Å². The van der Waals surface area contributed by atoms with Gasteiger partial charge < -0.3 is 14.6 Å². The van der Waals surface area contributed by atoms with Gasteiger partial charge in [-0.1, -0.05) is 0 Å². The van der Waals surface area contributed by atoms with Gasteiger partial charge >= 0.3 is 0 Å². The maximum atomic E-state index is 13.4. The first-order valence-corrected chi connectivity index (χ1v) is 8.24. The van der Waals surface area contributed by atoms with Gasteiger partial charge in [-0.15, -0.1) is 0 Å². The number of fused-ring (bicyclic) bond motifs is 1. The number of aromatic nitrogens is 5. The molecule has 2 N–H and O–H groups in total. The van der Waals surface area contributed by atoms with E-state index < -0.39 is 0 Å². The molecule has 8 nitrogen and oxygen atoms in total. The smallest absolute Gasteiger partial charge is 0.255 e. The monoisotopic (exact) mass is 340 g/mol. The number of amides is 1. The second-order valence-corrected chi connectivity index (χ2v) is 6.40. The van der Waals surface area contributed by atoms with E-state index >= 15 is 0 Å². The lowest BCUT2D eigenvalue weighted by molar-refractivity contribution is 0.0686. The third-order valence-electron chi connectivity index (χ3n) is 4.76. The van der Waals surface area contributed by atoms with Gasteiger partial charge in [0, 0.05) is 43.9 Å². The van der Waals surface area contributed by atoms with Crippen molar-refractivity contribution in [3.63, 3.8) is 0 Å². The van der Waals surface area contributed by atoms with Crippen LogP contribution in [0.1, 0.15) is 40.0 Å². The van der Waals surface area contributed by atoms with Gasteiger partial charge in [-0.2, -0.15) is 5.10 Å². The number of carbonyl (C=O) groups excluding carboxylic acids is 1. The Morgan fingerprint density at radius 3 is 2.96 bits per heavy atom. The molecule has 3 aromatic rings. The molecule has 1 amide bonds. The summed E-state index contributed by atoms with van der Waals surface area (Å²) < 4.78 is 5.51. The number of nitrogens with one attached hydrogen (secondary N) is 2. The lowest BCUT2D eigenvalue weighted by Gasteiger charge is -2.23. The lowest BCUT2D eigenvalue weighted by atomic mass is 10.1. The van der Waals surface area contributed by atoms with E-state index in [0.29, 0.717) is 24.2 Å². The predicted octanol–water partition coefficient (Wildman–Crippen LogP) is 1.90. The van der Waals surface area contributed by atoms with E-state index in [9.17, 15) is 4.79 Å². The highest BCUT2D eigenvalue weighted by atomic mass is 16.5. The zero-order chi connectivity index (χ0) is 17.6. The van der Waals surface area contributed by atoms with Crippen molar-refractivity contribution in [1.82, 2.24) is 30.0 Å². The number of likely N-dealkylation sites (tertiary alicyclic amines) is 1. The molecule has 0 radical (unpaired) electrons. The van der Waals surface area contributed by atoms with E-state index in [1.54, 1.807) is 19.5 Å². The van der Waals surface area contributed by atoms with Crippen molar-refractivity contribution in [2.45, 2.75) is 32.4 Å². The third kappa shape index (κ3) is 2.58. The van der Waals surface area contributed by atoms with Crippen LogP contribution < -0.4 is 0 Å². The van der Waals surface area contributed by atoms with Crippen LogP contribution in [0.15, 0.2) is 18.5 Å². The lowest BCUT2D eigenvalue weighted by Crippen LogP contribution is -2.32. The van der Waals surface area contributed by atoms with E-state index in [0.717, 1.165) is 22.6 Å². The number of hydrogen-bond donors (Lipinski definition) is 2. The minimum absolute atomic E-state index is 0.0112. The van der Waals surface area contributed by atoms with E-state index in [1.165, 1.54) is 0 Å². The van der Waals surface area contributed by atoms with Crippen LogP contribution in [-0.2, 0) is 4.74 Å². The van der Waals surface area contributed by atoms with Crippen molar-refractivity contribution in [3.05, 3.63) is 41.2 Å². The quantitative estimate of drug-likeness (QED) is 0.758. The highest BCUT2D eigenvalue weighted by molar-refractivity contribution is 6.06. The fraction of sp³-hybridized carbons (Fsp3) is 0.412. The average molecular weight is 340 g/mol. The molecule has 25 heavy (non-hydrogen) atoms. The first-order valence-electron chi connectivity index (χ1n) is 8.24. The summed E-state index contributed by atoms with van der Waals surface area (Å²) in [6.07, 6.45) is 4.18. The van der Waals surface area contributed by atoms with E-state index in [-0.39, 0.29) is 18.1 Å². The summed E-state index contributed by atoms with van der Waals surface area (Å²) in [4.78, 5) is 27.1. The minimum Gasteiger partial charge on any atom is -0.380 e. The van der Waals surface area contributed by atoms with Crippen molar-refractivity contribution in [1.29, 1.82) is 0 Å². The zero-order valence-electron chi connectivity index (χ0n) is 14.4. The summed E-state index contributed by atoms with van der Waals surface area (Å²) in [5.41, 5.74) is 2.78. The van der Waals surface area contributed by atoms with E-state index in [1.807, 2.05) is 24.8 Å². The highest BCUT2D eigenvalue weighted by Crippen LogP contribution is 2.34. The van der Waals surface area contributed by atoms with Crippen molar-refractivity contribution in [3.8, 4) is 0 Å². The highest BCUT2D eigenvalue weighted by Gasteiger charge is 2.38. The molecule has 1 unspecified atom stereocenters. The standard InChI is InChI=1S/C17H20N6O2/c1-9-6-12(14-10(2)21-22-16(14)20-9)17(24)23-8-11(25-3)7-13(23)15-18-4-5-19-15/h4-6,11,13H,7-8H2,1-3H3,(H,18,19)(H,20,21,22)/t11-,13?/m1/s1. The number of carbonyl (C=O) groups is 1. The Bertz CT molecular complexity index is 917. The molecular weight excluding hydrogens is 320 g/mol. The topological polar surface area (TPSA) is 99.8 Å². The average Bonchev–Trinajstić information content (AvgIpc) is 3.32. The summed E-state index contributed by atoms with van der Waals surface area (Å²) in [7, 11) is 1.67. The SMILES string of the molecule is CO[C@@H]1CC(c2ncc[nH]2)N(C(=O)c2cc(C)nc3n[nH]c(C)c23)C1. The number of pyridine rings is 1. The first-order chi connectivity index (χ1) is 12.1. The van der Waals surface area contributed by atoms with Crippen LogP contribution in [0.2, 0.25) is 0 Å². The number of aromatic amines is 2. The van der Waals surface area contributed by atoms with Gasteiger partial charge in [-0.3, -0.25) is 9.89 Å². The third-order valence-corrected chi connectivity index (χ3v) is 4.76. The summed E-state index contributed by atoms with van der Waals surface area (Å²) in [5, 5.41) is 7.89. The van der Waals surface area contributed by atoms with Gasteiger partial charge in [-0.05, 0) is 19.9 Å². The fourth-order valence-corrected chi connectivity index (χ4v) is 3.54. The van der Waals surface area contributed by atoms with Crippen LogP contribution in [0.25, 0.3) is 11.0 Å². The Hall–Kier alpha value is -2.74. The number of methoxy groups -OCH3 is 1. The Morgan fingerprint density at radius 2 is 2.24 bits per heavy atom. The molecule has 0 aliphatic carbocycles. The second kappa shape index (κ2) is 5.96. The van der Waals surface area contributed by atoms with Crippen LogP contribution in [0.3, 0.4) is 0 Å². The van der Waals surface area contributed by atoms with Crippen molar-refractivity contribution >= 4 is 16.9 Å². The molecule has 0 saturated carbocycles. The summed E-state index contributed by atoms with van der Waals surface area (Å²) in [6, 6.07) is 1.69. The number of nitrogens with zero attached hydrogens (tertiary/aromatic N) is 4.